The van der Waals surface area contributed by atoms with E-state index in [2.05, 4.69) is 5.32 Å². The van der Waals surface area contributed by atoms with Crippen molar-refractivity contribution in [2.45, 2.75) is 39.2 Å². The lowest BCUT2D eigenvalue weighted by molar-refractivity contribution is -0.139. The fraction of sp³-hybridized carbons (Fsp3) is 0.522. The van der Waals surface area contributed by atoms with Crippen molar-refractivity contribution in [2.24, 2.45) is 0 Å². The number of carboxylic acid groups (broad SMARTS) is 1. The summed E-state index contributed by atoms with van der Waals surface area (Å²) >= 11 is 0. The van der Waals surface area contributed by atoms with Gasteiger partial charge in [0.1, 0.15) is 6.04 Å². The van der Waals surface area contributed by atoms with Crippen molar-refractivity contribution in [1.29, 1.82) is 0 Å². The van der Waals surface area contributed by atoms with Gasteiger partial charge in [0.05, 0.1) is 5.75 Å². The van der Waals surface area contributed by atoms with Gasteiger partial charge in [-0.1, -0.05) is 37.3 Å². The third-order valence-corrected chi connectivity index (χ3v) is 5.83. The van der Waals surface area contributed by atoms with Gasteiger partial charge < -0.3 is 20.2 Å². The summed E-state index contributed by atoms with van der Waals surface area (Å²) in [7, 11) is -4.19. The highest BCUT2D eigenvalue weighted by Gasteiger charge is 2.28. The molecule has 1 atom stereocenters. The summed E-state index contributed by atoms with van der Waals surface area (Å²) in [5, 5.41) is 12.0. The van der Waals surface area contributed by atoms with Crippen LogP contribution in [0.1, 0.15) is 33.1 Å². The number of nitrogens with one attached hydrogen (secondary N) is 1. The molecule has 190 valence electrons. The molecule has 0 spiro atoms. The van der Waals surface area contributed by atoms with E-state index in [1.807, 2.05) is 19.9 Å². The molecule has 0 aliphatic heterocycles. The van der Waals surface area contributed by atoms with Crippen LogP contribution in [-0.2, 0) is 24.5 Å². The first-order valence-electron chi connectivity index (χ1n) is 11.3. The van der Waals surface area contributed by atoms with Gasteiger partial charge in [0.2, 0.25) is 5.91 Å². The molecule has 1 rings (SSSR count). The number of hydrogen-bond acceptors (Lipinski definition) is 6. The molecule has 1 unspecified atom stereocenters. The van der Waals surface area contributed by atoms with Crippen LogP contribution < -0.4 is 5.32 Å². The lowest BCUT2D eigenvalue weighted by atomic mass is 10.1. The summed E-state index contributed by atoms with van der Waals surface area (Å²) in [5.41, 5.74) is 0.469. The highest BCUT2D eigenvalue weighted by molar-refractivity contribution is 7.85. The van der Waals surface area contributed by atoms with Crippen molar-refractivity contribution in [3.05, 3.63) is 48.1 Å². The van der Waals surface area contributed by atoms with E-state index in [9.17, 15) is 22.8 Å². The summed E-state index contributed by atoms with van der Waals surface area (Å²) in [6.45, 7) is 4.68. The van der Waals surface area contributed by atoms with E-state index < -0.39 is 27.9 Å². The molecule has 10 nitrogen and oxygen atoms in total. The van der Waals surface area contributed by atoms with Gasteiger partial charge in [-0.05, 0) is 38.5 Å². The predicted octanol–water partition coefficient (Wildman–Crippen LogP) is 1.39. The number of rotatable bonds is 15. The summed E-state index contributed by atoms with van der Waals surface area (Å²) in [6.07, 6.45) is 12.4. The lowest BCUT2D eigenvalue weighted by Crippen LogP contribution is -2.53. The Bertz CT molecular complexity index is 923. The molecule has 34 heavy (non-hydrogen) atoms. The number of likely N-dealkylation sites (N-methyl/N-ethyl adjacent to an activating group) is 2. The van der Waals surface area contributed by atoms with Crippen LogP contribution in [0.2, 0.25) is 0 Å². The van der Waals surface area contributed by atoms with Gasteiger partial charge in [-0.25, -0.2) is 0 Å². The van der Waals surface area contributed by atoms with Crippen LogP contribution in [0.25, 0.3) is 0 Å². The minimum absolute atomic E-state index is 0.00441. The summed E-state index contributed by atoms with van der Waals surface area (Å²) in [4.78, 5) is 40.3. The topological polar surface area (TPSA) is 144 Å². The Balaban J connectivity index is 3.01. The normalized spacial score (nSPS) is 16.0. The average Bonchev–Trinajstić information content (AvgIpc) is 2.73. The molecular formula is C23H35N3O7S. The highest BCUT2D eigenvalue weighted by atomic mass is 32.2. The summed E-state index contributed by atoms with van der Waals surface area (Å²) in [6, 6.07) is -0.766. The number of amides is 2. The first kappa shape index (κ1) is 29.3. The van der Waals surface area contributed by atoms with Gasteiger partial charge in [-0.15, -0.1) is 0 Å². The zero-order valence-electron chi connectivity index (χ0n) is 19.7. The Labute approximate surface area is 201 Å². The quantitative estimate of drug-likeness (QED) is 0.288. The Morgan fingerprint density at radius 2 is 1.65 bits per heavy atom. The molecule has 0 aromatic heterocycles. The van der Waals surface area contributed by atoms with E-state index in [-0.39, 0.29) is 50.7 Å². The van der Waals surface area contributed by atoms with Crippen molar-refractivity contribution in [2.75, 3.05) is 38.5 Å². The summed E-state index contributed by atoms with van der Waals surface area (Å²) in [5.74, 6) is -2.11. The third kappa shape index (κ3) is 11.4. The number of carbonyl (C=O) groups is 3. The number of carboxylic acids is 1. The molecule has 11 heteroatoms. The van der Waals surface area contributed by atoms with E-state index in [1.165, 1.54) is 4.90 Å². The minimum atomic E-state index is -4.19. The first-order chi connectivity index (χ1) is 16.1. The van der Waals surface area contributed by atoms with E-state index >= 15 is 0 Å². The number of allylic oxidation sites excluding steroid dienone is 6. The van der Waals surface area contributed by atoms with Crippen LogP contribution in [0.3, 0.4) is 0 Å². The van der Waals surface area contributed by atoms with Crippen LogP contribution in [0.4, 0.5) is 0 Å². The molecular weight excluding hydrogens is 462 g/mol. The Morgan fingerprint density at radius 3 is 2.26 bits per heavy atom. The maximum atomic E-state index is 13.3. The molecule has 0 aromatic rings. The maximum Gasteiger partial charge on any atom is 0.303 e. The molecule has 2 amide bonds. The average molecular weight is 498 g/mol. The molecule has 0 saturated heterocycles. The largest absolute Gasteiger partial charge is 0.481 e. The Hall–Kier alpha value is -2.76. The van der Waals surface area contributed by atoms with E-state index in [0.717, 1.165) is 0 Å². The third-order valence-electron chi connectivity index (χ3n) is 5.02. The molecule has 1 aliphatic carbocycles. The van der Waals surface area contributed by atoms with Crippen molar-refractivity contribution in [3.8, 4) is 0 Å². The molecule has 0 aromatic carbocycles. The number of nitrogens with zero attached hydrogens (tertiary/aromatic N) is 2. The molecule has 0 heterocycles. The van der Waals surface area contributed by atoms with E-state index in [0.29, 0.717) is 18.7 Å². The number of hydrogen-bond donors (Lipinski definition) is 3. The molecule has 1 aliphatic rings. The van der Waals surface area contributed by atoms with Gasteiger partial charge in [0.25, 0.3) is 16.0 Å². The van der Waals surface area contributed by atoms with Crippen LogP contribution in [0, 0.1) is 0 Å². The van der Waals surface area contributed by atoms with Gasteiger partial charge in [-0.2, -0.15) is 8.42 Å². The first-order valence-corrected chi connectivity index (χ1v) is 12.9. The van der Waals surface area contributed by atoms with Gasteiger partial charge >= 0.3 is 5.97 Å². The Kier molecular flexibility index (Phi) is 13.1. The highest BCUT2D eigenvalue weighted by Crippen LogP contribution is 2.10. The van der Waals surface area contributed by atoms with Crippen molar-refractivity contribution in [3.63, 3.8) is 0 Å². The van der Waals surface area contributed by atoms with Crippen molar-refractivity contribution < 1.29 is 32.5 Å². The molecule has 0 radical (unpaired) electrons. The molecule has 0 fully saturated rings. The number of carbonyl (C=O) groups excluding carboxylic acids is 2. The van der Waals surface area contributed by atoms with Crippen molar-refractivity contribution >= 4 is 27.9 Å². The minimum Gasteiger partial charge on any atom is -0.481 e. The molecule has 3 N–H and O–H groups in total. The second-order valence-corrected chi connectivity index (χ2v) is 9.24. The smallest absolute Gasteiger partial charge is 0.303 e. The van der Waals surface area contributed by atoms with Crippen LogP contribution in [0.5, 0.6) is 0 Å². The Morgan fingerprint density at radius 1 is 1.00 bits per heavy atom. The van der Waals surface area contributed by atoms with E-state index in [4.69, 9.17) is 9.66 Å². The van der Waals surface area contributed by atoms with Crippen LogP contribution in [-0.4, -0.2) is 90.2 Å². The SMILES string of the molecule is CCNC(CN(CC)C(=O)C1=C/C=C\C=C/C=C1)C(=O)N(CCCC(=O)O)CCCS(=O)(=O)O. The van der Waals surface area contributed by atoms with Crippen LogP contribution in [0.15, 0.2) is 48.1 Å². The fourth-order valence-corrected chi connectivity index (χ4v) is 3.85. The second kappa shape index (κ2) is 15.2. The second-order valence-electron chi connectivity index (χ2n) is 7.67. The molecule has 0 bridgehead atoms. The monoisotopic (exact) mass is 497 g/mol. The maximum absolute atomic E-state index is 13.3. The fourth-order valence-electron chi connectivity index (χ4n) is 3.36. The summed E-state index contributed by atoms with van der Waals surface area (Å²) < 4.78 is 31.2. The van der Waals surface area contributed by atoms with Gasteiger partial charge in [0.15, 0.2) is 0 Å². The standard InChI is InChI=1S/C23H35N3O7S/c1-3-24-20(18-25(4-2)22(29)19-12-8-6-5-7-9-13-19)23(30)26(15-10-14-21(27)28)16-11-17-34(31,32)33/h5-9,12-13,20,24H,3-4,10-11,14-18H2,1-2H3,(H,27,28)(H,31,32,33)/b6-5-,7-5?,8-6?,9-7-,12-8?,13-9?,19-12?,19-13?. The van der Waals surface area contributed by atoms with Gasteiger partial charge in [0, 0.05) is 38.2 Å². The molecule has 0 saturated carbocycles. The van der Waals surface area contributed by atoms with E-state index in [1.54, 1.807) is 41.4 Å². The van der Waals surface area contributed by atoms with Gasteiger partial charge in [-0.3, -0.25) is 18.9 Å². The predicted molar refractivity (Wildman–Crippen MR) is 130 cm³/mol. The lowest BCUT2D eigenvalue weighted by Gasteiger charge is -2.31. The van der Waals surface area contributed by atoms with Crippen LogP contribution >= 0.6 is 0 Å². The zero-order chi connectivity index (χ0) is 25.6. The zero-order valence-corrected chi connectivity index (χ0v) is 20.5. The number of aliphatic carboxylic acids is 1. The van der Waals surface area contributed by atoms with Crippen molar-refractivity contribution in [1.82, 2.24) is 15.1 Å².